The van der Waals surface area contributed by atoms with Crippen LogP contribution in [0.2, 0.25) is 0 Å². The third-order valence-electron chi connectivity index (χ3n) is 2.84. The first-order chi connectivity index (χ1) is 9.04. The number of hydrogen-bond acceptors (Lipinski definition) is 2. The van der Waals surface area contributed by atoms with Crippen LogP contribution in [-0.4, -0.2) is 14.7 Å². The Balaban J connectivity index is 2.25. The summed E-state index contributed by atoms with van der Waals surface area (Å²) in [5, 5.41) is 0. The van der Waals surface area contributed by atoms with E-state index in [1.54, 1.807) is 0 Å². The Hall–Kier alpha value is -1.65. The van der Waals surface area contributed by atoms with Gasteiger partial charge >= 0.3 is 0 Å². The summed E-state index contributed by atoms with van der Waals surface area (Å²) in [5.41, 5.74) is 2.07. The molecule has 0 aliphatic heterocycles. The summed E-state index contributed by atoms with van der Waals surface area (Å²) in [6.07, 6.45) is 1.83. The molecule has 1 N–H and O–H groups in total. The van der Waals surface area contributed by atoms with Crippen LogP contribution in [0.15, 0.2) is 60.7 Å². The summed E-state index contributed by atoms with van der Waals surface area (Å²) in [7, 11) is -3.24. The highest BCUT2D eigenvalue weighted by molar-refractivity contribution is 7.88. The number of benzene rings is 2. The van der Waals surface area contributed by atoms with Gasteiger partial charge in [-0.2, -0.15) is 0 Å². The molecule has 19 heavy (non-hydrogen) atoms. The fourth-order valence-electron chi connectivity index (χ4n) is 2.02. The van der Waals surface area contributed by atoms with Crippen LogP contribution in [0, 0.1) is 0 Å². The third-order valence-corrected chi connectivity index (χ3v) is 3.55. The predicted molar refractivity (Wildman–Crippen MR) is 77.3 cm³/mol. The quantitative estimate of drug-likeness (QED) is 0.911. The van der Waals surface area contributed by atoms with Crippen molar-refractivity contribution in [2.45, 2.75) is 12.5 Å². The van der Waals surface area contributed by atoms with Crippen LogP contribution in [0.25, 0.3) is 0 Å². The number of hydrogen-bond donors (Lipinski definition) is 1. The lowest BCUT2D eigenvalue weighted by Gasteiger charge is -2.18. The van der Waals surface area contributed by atoms with E-state index in [0.29, 0.717) is 6.42 Å². The summed E-state index contributed by atoms with van der Waals surface area (Å²) in [4.78, 5) is 0. The molecule has 2 aromatic rings. The molecule has 100 valence electrons. The van der Waals surface area contributed by atoms with Crippen molar-refractivity contribution >= 4 is 10.0 Å². The Morgan fingerprint density at radius 2 is 1.47 bits per heavy atom. The zero-order valence-corrected chi connectivity index (χ0v) is 11.6. The standard InChI is InChI=1S/C15H17NO2S/c1-19(17,18)16-15(14-10-6-3-7-11-14)12-13-8-4-2-5-9-13/h2-11,15-16H,12H2,1H3/t15-/m1/s1. The number of rotatable bonds is 5. The van der Waals surface area contributed by atoms with Crippen molar-refractivity contribution in [2.75, 3.05) is 6.26 Å². The Morgan fingerprint density at radius 3 is 2.00 bits per heavy atom. The van der Waals surface area contributed by atoms with Gasteiger partial charge in [0.25, 0.3) is 0 Å². The van der Waals surface area contributed by atoms with Crippen molar-refractivity contribution in [3.8, 4) is 0 Å². The highest BCUT2D eigenvalue weighted by Gasteiger charge is 2.16. The largest absolute Gasteiger partial charge is 0.213 e. The molecule has 0 heterocycles. The molecule has 0 aromatic heterocycles. The van der Waals surface area contributed by atoms with E-state index in [2.05, 4.69) is 4.72 Å². The van der Waals surface area contributed by atoms with E-state index in [4.69, 9.17) is 0 Å². The Kier molecular flexibility index (Phi) is 4.35. The molecule has 0 saturated carbocycles. The molecule has 0 fully saturated rings. The highest BCUT2D eigenvalue weighted by atomic mass is 32.2. The maximum Gasteiger partial charge on any atom is 0.209 e. The van der Waals surface area contributed by atoms with E-state index < -0.39 is 10.0 Å². The lowest BCUT2D eigenvalue weighted by Crippen LogP contribution is -2.28. The molecule has 0 spiro atoms. The Morgan fingerprint density at radius 1 is 0.947 bits per heavy atom. The zero-order valence-electron chi connectivity index (χ0n) is 10.8. The van der Waals surface area contributed by atoms with Gasteiger partial charge in [0.05, 0.1) is 12.3 Å². The first-order valence-electron chi connectivity index (χ1n) is 6.11. The lowest BCUT2D eigenvalue weighted by atomic mass is 10.00. The molecule has 0 aliphatic rings. The smallest absolute Gasteiger partial charge is 0.209 e. The summed E-state index contributed by atoms with van der Waals surface area (Å²) in [5.74, 6) is 0. The summed E-state index contributed by atoms with van der Waals surface area (Å²) >= 11 is 0. The second-order valence-corrected chi connectivity index (χ2v) is 6.32. The van der Waals surface area contributed by atoms with E-state index >= 15 is 0 Å². The molecule has 3 nitrogen and oxygen atoms in total. The van der Waals surface area contributed by atoms with E-state index in [9.17, 15) is 8.42 Å². The maximum atomic E-state index is 11.5. The van der Waals surface area contributed by atoms with Crippen molar-refractivity contribution in [3.63, 3.8) is 0 Å². The van der Waals surface area contributed by atoms with Gasteiger partial charge in [0.15, 0.2) is 0 Å². The van der Waals surface area contributed by atoms with Crippen LogP contribution < -0.4 is 4.72 Å². The fourth-order valence-corrected chi connectivity index (χ4v) is 2.76. The third kappa shape index (κ3) is 4.50. The SMILES string of the molecule is CS(=O)(=O)N[C@H](Cc1ccccc1)c1ccccc1. The molecule has 0 aliphatic carbocycles. The van der Waals surface area contributed by atoms with Gasteiger partial charge in [-0.3, -0.25) is 0 Å². The van der Waals surface area contributed by atoms with E-state index in [-0.39, 0.29) is 6.04 Å². The summed E-state index contributed by atoms with van der Waals surface area (Å²) in [6, 6.07) is 19.2. The topological polar surface area (TPSA) is 46.2 Å². The molecule has 2 aromatic carbocycles. The Labute approximate surface area is 114 Å². The van der Waals surface area contributed by atoms with Crippen LogP contribution in [0.5, 0.6) is 0 Å². The molecule has 0 unspecified atom stereocenters. The maximum absolute atomic E-state index is 11.5. The average Bonchev–Trinajstić information content (AvgIpc) is 2.39. The summed E-state index contributed by atoms with van der Waals surface area (Å²) in [6.45, 7) is 0. The minimum atomic E-state index is -3.24. The highest BCUT2D eigenvalue weighted by Crippen LogP contribution is 2.18. The van der Waals surface area contributed by atoms with Crippen molar-refractivity contribution < 1.29 is 8.42 Å². The van der Waals surface area contributed by atoms with E-state index in [1.807, 2.05) is 60.7 Å². The molecular formula is C15H17NO2S. The van der Waals surface area contributed by atoms with Gasteiger partial charge in [0, 0.05) is 0 Å². The zero-order chi connectivity index (χ0) is 13.7. The van der Waals surface area contributed by atoms with Gasteiger partial charge in [-0.05, 0) is 17.5 Å². The minimum absolute atomic E-state index is 0.237. The molecular weight excluding hydrogens is 258 g/mol. The van der Waals surface area contributed by atoms with Crippen molar-refractivity contribution in [3.05, 3.63) is 71.8 Å². The van der Waals surface area contributed by atoms with Gasteiger partial charge in [-0.25, -0.2) is 13.1 Å². The van der Waals surface area contributed by atoms with Crippen LogP contribution in [-0.2, 0) is 16.4 Å². The predicted octanol–water partition coefficient (Wildman–Crippen LogP) is 2.52. The number of nitrogens with one attached hydrogen (secondary N) is 1. The minimum Gasteiger partial charge on any atom is -0.213 e. The van der Waals surface area contributed by atoms with Crippen LogP contribution in [0.1, 0.15) is 17.2 Å². The molecule has 0 radical (unpaired) electrons. The first-order valence-corrected chi connectivity index (χ1v) is 8.00. The van der Waals surface area contributed by atoms with Crippen LogP contribution >= 0.6 is 0 Å². The van der Waals surface area contributed by atoms with Gasteiger partial charge in [-0.1, -0.05) is 60.7 Å². The van der Waals surface area contributed by atoms with Gasteiger partial charge < -0.3 is 0 Å². The molecule has 0 bridgehead atoms. The molecule has 0 amide bonds. The number of sulfonamides is 1. The van der Waals surface area contributed by atoms with Gasteiger partial charge in [-0.15, -0.1) is 0 Å². The molecule has 1 atom stereocenters. The van der Waals surface area contributed by atoms with Crippen LogP contribution in [0.3, 0.4) is 0 Å². The molecule has 0 saturated heterocycles. The molecule has 2 rings (SSSR count). The normalized spacial score (nSPS) is 13.1. The van der Waals surface area contributed by atoms with Crippen molar-refractivity contribution in [1.82, 2.24) is 4.72 Å². The Bertz CT molecular complexity index is 609. The summed E-state index contributed by atoms with van der Waals surface area (Å²) < 4.78 is 25.7. The van der Waals surface area contributed by atoms with Crippen LogP contribution in [0.4, 0.5) is 0 Å². The first kappa shape index (κ1) is 13.8. The molecule has 4 heteroatoms. The second kappa shape index (κ2) is 5.99. The average molecular weight is 275 g/mol. The second-order valence-electron chi connectivity index (χ2n) is 4.54. The van der Waals surface area contributed by atoms with Gasteiger partial charge in [0.2, 0.25) is 10.0 Å². The lowest BCUT2D eigenvalue weighted by molar-refractivity contribution is 0.560. The monoisotopic (exact) mass is 275 g/mol. The van der Waals surface area contributed by atoms with E-state index in [0.717, 1.165) is 11.1 Å². The fraction of sp³-hybridized carbons (Fsp3) is 0.200. The van der Waals surface area contributed by atoms with Gasteiger partial charge in [0.1, 0.15) is 0 Å². The van der Waals surface area contributed by atoms with E-state index in [1.165, 1.54) is 6.26 Å². The van der Waals surface area contributed by atoms with Crippen molar-refractivity contribution in [2.24, 2.45) is 0 Å². The van der Waals surface area contributed by atoms with Crippen molar-refractivity contribution in [1.29, 1.82) is 0 Å².